The molecule has 0 aliphatic heterocycles. The lowest BCUT2D eigenvalue weighted by atomic mass is 9.98. The highest BCUT2D eigenvalue weighted by molar-refractivity contribution is 5.92. The van der Waals surface area contributed by atoms with Crippen LogP contribution in [0.15, 0.2) is 23.8 Å². The van der Waals surface area contributed by atoms with Crippen molar-refractivity contribution in [3.05, 3.63) is 23.8 Å². The maximum Gasteiger partial charge on any atom is 0.159 e. The molecule has 0 aromatic heterocycles. The summed E-state index contributed by atoms with van der Waals surface area (Å²) < 4.78 is 0. The first-order valence-electron chi connectivity index (χ1n) is 3.83. The zero-order chi connectivity index (χ0) is 8.27. The van der Waals surface area contributed by atoms with Gasteiger partial charge in [0.25, 0.3) is 0 Å². The number of carbonyl (C=O) groups is 1. The number of hydrogen-bond donors (Lipinski definition) is 1. The molecule has 0 heterocycles. The molecule has 1 atom stereocenters. The van der Waals surface area contributed by atoms with Gasteiger partial charge < -0.3 is 5.73 Å². The van der Waals surface area contributed by atoms with E-state index in [1.807, 2.05) is 13.0 Å². The lowest BCUT2D eigenvalue weighted by Crippen LogP contribution is -2.16. The van der Waals surface area contributed by atoms with E-state index < -0.39 is 0 Å². The molecule has 2 nitrogen and oxygen atoms in total. The molecule has 0 aromatic rings. The van der Waals surface area contributed by atoms with Crippen LogP contribution in [0, 0.1) is 0 Å². The standard InChI is InChI=1S/C9H13NO/c1-7(10)5-8-3-2-4-9(11)6-8/h2-4,7H,5-6,10H2,1H3. The molecule has 0 radical (unpaired) electrons. The molecule has 2 heteroatoms. The van der Waals surface area contributed by atoms with Gasteiger partial charge in [-0.3, -0.25) is 4.79 Å². The van der Waals surface area contributed by atoms with E-state index in [1.165, 1.54) is 0 Å². The van der Waals surface area contributed by atoms with E-state index >= 15 is 0 Å². The molecule has 60 valence electrons. The SMILES string of the molecule is CC(N)CC1=CC=CC(=O)C1. The summed E-state index contributed by atoms with van der Waals surface area (Å²) in [6, 6.07) is 0.153. The van der Waals surface area contributed by atoms with Crippen molar-refractivity contribution in [2.45, 2.75) is 25.8 Å². The lowest BCUT2D eigenvalue weighted by molar-refractivity contribution is -0.114. The average Bonchev–Trinajstić information content (AvgIpc) is 1.85. The maximum absolute atomic E-state index is 10.9. The Morgan fingerprint density at radius 3 is 3.00 bits per heavy atom. The van der Waals surface area contributed by atoms with Crippen molar-refractivity contribution in [1.29, 1.82) is 0 Å². The molecular formula is C9H13NO. The number of hydrogen-bond acceptors (Lipinski definition) is 2. The number of rotatable bonds is 2. The maximum atomic E-state index is 10.9. The van der Waals surface area contributed by atoms with Gasteiger partial charge in [-0.15, -0.1) is 0 Å². The third-order valence-corrected chi connectivity index (χ3v) is 1.60. The second-order valence-corrected chi connectivity index (χ2v) is 3.01. The monoisotopic (exact) mass is 151 g/mol. The van der Waals surface area contributed by atoms with Gasteiger partial charge in [0.1, 0.15) is 0 Å². The second-order valence-electron chi connectivity index (χ2n) is 3.01. The Hall–Kier alpha value is -0.890. The van der Waals surface area contributed by atoms with Gasteiger partial charge in [0, 0.05) is 12.5 Å². The van der Waals surface area contributed by atoms with Crippen LogP contribution in [0.3, 0.4) is 0 Å². The Labute approximate surface area is 66.8 Å². The van der Waals surface area contributed by atoms with E-state index in [-0.39, 0.29) is 11.8 Å². The Morgan fingerprint density at radius 2 is 2.45 bits per heavy atom. The summed E-state index contributed by atoms with van der Waals surface area (Å²) in [4.78, 5) is 10.9. The predicted molar refractivity (Wildman–Crippen MR) is 45.1 cm³/mol. The predicted octanol–water partition coefficient (Wildman–Crippen LogP) is 1.18. The summed E-state index contributed by atoms with van der Waals surface area (Å²) >= 11 is 0. The number of allylic oxidation sites excluding steroid dienone is 3. The fourth-order valence-corrected chi connectivity index (χ4v) is 1.19. The molecule has 11 heavy (non-hydrogen) atoms. The quantitative estimate of drug-likeness (QED) is 0.644. The zero-order valence-electron chi connectivity index (χ0n) is 6.71. The van der Waals surface area contributed by atoms with Crippen molar-refractivity contribution < 1.29 is 4.79 Å². The molecule has 1 aliphatic rings. The first kappa shape index (κ1) is 8.21. The highest BCUT2D eigenvalue weighted by Gasteiger charge is 2.07. The molecule has 1 aliphatic carbocycles. The molecule has 0 saturated carbocycles. The Balaban J connectivity index is 2.52. The van der Waals surface area contributed by atoms with Gasteiger partial charge in [-0.05, 0) is 19.4 Å². The van der Waals surface area contributed by atoms with Gasteiger partial charge in [0.2, 0.25) is 0 Å². The molecule has 0 bridgehead atoms. The molecule has 0 amide bonds. The van der Waals surface area contributed by atoms with Crippen LogP contribution in [-0.2, 0) is 4.79 Å². The summed E-state index contributed by atoms with van der Waals surface area (Å²) in [5.74, 6) is 0.183. The minimum atomic E-state index is 0.153. The van der Waals surface area contributed by atoms with Crippen LogP contribution in [0.2, 0.25) is 0 Å². The molecular weight excluding hydrogens is 138 g/mol. The van der Waals surface area contributed by atoms with Gasteiger partial charge in [-0.25, -0.2) is 0 Å². The van der Waals surface area contributed by atoms with Gasteiger partial charge >= 0.3 is 0 Å². The van der Waals surface area contributed by atoms with Crippen LogP contribution >= 0.6 is 0 Å². The van der Waals surface area contributed by atoms with Crippen molar-refractivity contribution in [1.82, 2.24) is 0 Å². The fourth-order valence-electron chi connectivity index (χ4n) is 1.19. The Bertz CT molecular complexity index is 214. The Morgan fingerprint density at radius 1 is 1.73 bits per heavy atom. The van der Waals surface area contributed by atoms with Crippen molar-refractivity contribution in [2.24, 2.45) is 5.73 Å². The van der Waals surface area contributed by atoms with Crippen LogP contribution in [0.1, 0.15) is 19.8 Å². The van der Waals surface area contributed by atoms with E-state index in [4.69, 9.17) is 5.73 Å². The molecule has 1 rings (SSSR count). The second kappa shape index (κ2) is 3.49. The summed E-state index contributed by atoms with van der Waals surface area (Å²) in [6.07, 6.45) is 6.76. The summed E-state index contributed by atoms with van der Waals surface area (Å²) in [6.45, 7) is 1.95. The van der Waals surface area contributed by atoms with E-state index in [0.717, 1.165) is 12.0 Å². The van der Waals surface area contributed by atoms with Crippen molar-refractivity contribution in [2.75, 3.05) is 0 Å². The minimum Gasteiger partial charge on any atom is -0.328 e. The molecule has 1 unspecified atom stereocenters. The van der Waals surface area contributed by atoms with Gasteiger partial charge in [0.15, 0.2) is 5.78 Å². The molecule has 0 aromatic carbocycles. The summed E-state index contributed by atoms with van der Waals surface area (Å²) in [7, 11) is 0. The smallest absolute Gasteiger partial charge is 0.159 e. The fraction of sp³-hybridized carbons (Fsp3) is 0.444. The number of ketones is 1. The largest absolute Gasteiger partial charge is 0.328 e. The van der Waals surface area contributed by atoms with Crippen molar-refractivity contribution in [3.8, 4) is 0 Å². The van der Waals surface area contributed by atoms with Crippen molar-refractivity contribution in [3.63, 3.8) is 0 Å². The highest BCUT2D eigenvalue weighted by atomic mass is 16.1. The third-order valence-electron chi connectivity index (χ3n) is 1.60. The molecule has 0 spiro atoms. The van der Waals surface area contributed by atoms with Crippen LogP contribution in [0.25, 0.3) is 0 Å². The normalized spacial score (nSPS) is 19.8. The van der Waals surface area contributed by atoms with E-state index in [9.17, 15) is 4.79 Å². The first-order chi connectivity index (χ1) is 5.18. The number of nitrogens with two attached hydrogens (primary N) is 1. The third kappa shape index (κ3) is 2.68. The molecule has 0 fully saturated rings. The highest BCUT2D eigenvalue weighted by Crippen LogP contribution is 2.13. The Kier molecular flexibility index (Phi) is 2.60. The zero-order valence-corrected chi connectivity index (χ0v) is 6.71. The summed E-state index contributed by atoms with van der Waals surface area (Å²) in [5, 5.41) is 0. The average molecular weight is 151 g/mol. The van der Waals surface area contributed by atoms with Crippen LogP contribution in [0.4, 0.5) is 0 Å². The van der Waals surface area contributed by atoms with Crippen LogP contribution in [0.5, 0.6) is 0 Å². The van der Waals surface area contributed by atoms with Gasteiger partial charge in [0.05, 0.1) is 0 Å². The first-order valence-corrected chi connectivity index (χ1v) is 3.83. The van der Waals surface area contributed by atoms with Crippen LogP contribution < -0.4 is 5.73 Å². The minimum absolute atomic E-state index is 0.153. The van der Waals surface area contributed by atoms with Crippen LogP contribution in [-0.4, -0.2) is 11.8 Å². The van der Waals surface area contributed by atoms with E-state index in [2.05, 4.69) is 0 Å². The lowest BCUT2D eigenvalue weighted by Gasteiger charge is -2.09. The van der Waals surface area contributed by atoms with Crippen molar-refractivity contribution >= 4 is 5.78 Å². The van der Waals surface area contributed by atoms with Gasteiger partial charge in [-0.1, -0.05) is 17.7 Å². The number of carbonyl (C=O) groups excluding carboxylic acids is 1. The van der Waals surface area contributed by atoms with E-state index in [0.29, 0.717) is 6.42 Å². The topological polar surface area (TPSA) is 43.1 Å². The van der Waals surface area contributed by atoms with E-state index in [1.54, 1.807) is 12.2 Å². The summed E-state index contributed by atoms with van der Waals surface area (Å²) in [5.41, 5.74) is 6.74. The molecule has 0 saturated heterocycles. The van der Waals surface area contributed by atoms with Gasteiger partial charge in [-0.2, -0.15) is 0 Å². The molecule has 2 N–H and O–H groups in total.